The van der Waals surface area contributed by atoms with Crippen molar-refractivity contribution in [3.05, 3.63) is 29.1 Å². The number of hydrogen-bond donors (Lipinski definition) is 1. The number of nitrogens with zero attached hydrogens (tertiary/aromatic N) is 1. The number of carbonyl (C=O) groups is 1. The Morgan fingerprint density at radius 3 is 2.75 bits per heavy atom. The average molecular weight is 216 g/mol. The first kappa shape index (κ1) is 10.9. The highest BCUT2D eigenvalue weighted by Crippen LogP contribution is 2.29. The van der Waals surface area contributed by atoms with E-state index in [2.05, 4.69) is 4.98 Å². The Bertz CT molecular complexity index is 475. The van der Waals surface area contributed by atoms with Gasteiger partial charge in [0.25, 0.3) is 0 Å². The molecule has 3 heteroatoms. The summed E-state index contributed by atoms with van der Waals surface area (Å²) in [6.45, 7) is 3.92. The van der Waals surface area contributed by atoms with Gasteiger partial charge in [0.2, 0.25) is 0 Å². The zero-order valence-electron chi connectivity index (χ0n) is 9.71. The summed E-state index contributed by atoms with van der Waals surface area (Å²) in [5.74, 6) is 0.182. The fourth-order valence-electron chi connectivity index (χ4n) is 2.07. The molecule has 0 unspecified atom stereocenters. The minimum absolute atomic E-state index is 0.182. The van der Waals surface area contributed by atoms with Gasteiger partial charge in [0.1, 0.15) is 0 Å². The molecule has 0 amide bonds. The van der Waals surface area contributed by atoms with Gasteiger partial charge in [0.05, 0.1) is 11.4 Å². The molecule has 0 fully saturated rings. The van der Waals surface area contributed by atoms with E-state index in [1.807, 2.05) is 19.9 Å². The third kappa shape index (κ3) is 1.98. The van der Waals surface area contributed by atoms with Crippen molar-refractivity contribution < 1.29 is 4.79 Å². The van der Waals surface area contributed by atoms with Crippen LogP contribution in [0.3, 0.4) is 0 Å². The third-order valence-electron chi connectivity index (χ3n) is 2.90. The number of rotatable bonds is 1. The van der Waals surface area contributed by atoms with Crippen molar-refractivity contribution >= 4 is 17.0 Å². The largest absolute Gasteiger partial charge is 0.397 e. The van der Waals surface area contributed by atoms with Gasteiger partial charge in [-0.05, 0) is 50.0 Å². The van der Waals surface area contributed by atoms with Crippen LogP contribution < -0.4 is 5.73 Å². The van der Waals surface area contributed by atoms with Crippen LogP contribution in [-0.4, -0.2) is 10.8 Å². The lowest BCUT2D eigenvalue weighted by Crippen LogP contribution is -2.07. The Morgan fingerprint density at radius 1 is 1.31 bits per heavy atom. The van der Waals surface area contributed by atoms with E-state index in [1.54, 1.807) is 6.08 Å². The van der Waals surface area contributed by atoms with E-state index < -0.39 is 0 Å². The number of nitrogens with two attached hydrogens (primary N) is 1. The molecule has 1 aliphatic rings. The quantitative estimate of drug-likeness (QED) is 0.784. The number of anilines is 1. The minimum atomic E-state index is 0.182. The predicted molar refractivity (Wildman–Crippen MR) is 65.0 cm³/mol. The second-order valence-corrected chi connectivity index (χ2v) is 4.33. The molecule has 1 aromatic rings. The first-order chi connectivity index (χ1) is 7.58. The molecule has 0 aromatic carbocycles. The van der Waals surface area contributed by atoms with Crippen LogP contribution in [-0.2, 0) is 4.79 Å². The lowest BCUT2D eigenvalue weighted by Gasteiger charge is -2.15. The number of hydrogen-bond acceptors (Lipinski definition) is 3. The Morgan fingerprint density at radius 2 is 2.06 bits per heavy atom. The van der Waals surface area contributed by atoms with E-state index in [4.69, 9.17) is 5.73 Å². The molecule has 84 valence electrons. The minimum Gasteiger partial charge on any atom is -0.397 e. The summed E-state index contributed by atoms with van der Waals surface area (Å²) in [5, 5.41) is 0. The molecule has 16 heavy (non-hydrogen) atoms. The second-order valence-electron chi connectivity index (χ2n) is 4.33. The van der Waals surface area contributed by atoms with Crippen molar-refractivity contribution in [2.24, 2.45) is 0 Å². The zero-order valence-corrected chi connectivity index (χ0v) is 9.71. The number of carbonyl (C=O) groups excluding carboxylic acids is 1. The molecule has 1 heterocycles. The summed E-state index contributed by atoms with van der Waals surface area (Å²) >= 11 is 0. The fraction of sp³-hybridized carbons (Fsp3) is 0.385. The van der Waals surface area contributed by atoms with Crippen molar-refractivity contribution in [3.63, 3.8) is 0 Å². The van der Waals surface area contributed by atoms with Gasteiger partial charge in [-0.25, -0.2) is 0 Å². The van der Waals surface area contributed by atoms with Crippen molar-refractivity contribution in [2.75, 3.05) is 5.73 Å². The third-order valence-corrected chi connectivity index (χ3v) is 2.90. The molecule has 0 bridgehead atoms. The summed E-state index contributed by atoms with van der Waals surface area (Å²) in [6.07, 6.45) is 4.14. The van der Waals surface area contributed by atoms with E-state index in [9.17, 15) is 4.79 Å². The SMILES string of the molecule is Cc1cc(C)c(N)c(C2=CC(=O)CCC2)n1. The number of aryl methyl sites for hydroxylation is 2. The summed E-state index contributed by atoms with van der Waals surface area (Å²) in [4.78, 5) is 15.8. The molecule has 0 spiro atoms. The highest BCUT2D eigenvalue weighted by Gasteiger charge is 2.16. The van der Waals surface area contributed by atoms with Gasteiger partial charge in [-0.1, -0.05) is 0 Å². The van der Waals surface area contributed by atoms with E-state index in [-0.39, 0.29) is 5.78 Å². The second kappa shape index (κ2) is 4.08. The Kier molecular flexibility index (Phi) is 2.77. The Hall–Kier alpha value is -1.64. The molecule has 1 aliphatic carbocycles. The van der Waals surface area contributed by atoms with Gasteiger partial charge >= 0.3 is 0 Å². The highest BCUT2D eigenvalue weighted by atomic mass is 16.1. The molecular formula is C13H16N2O. The summed E-state index contributed by atoms with van der Waals surface area (Å²) < 4.78 is 0. The molecule has 0 radical (unpaired) electrons. The maximum absolute atomic E-state index is 11.4. The van der Waals surface area contributed by atoms with Crippen LogP contribution in [0.15, 0.2) is 12.1 Å². The van der Waals surface area contributed by atoms with Crippen LogP contribution in [0.2, 0.25) is 0 Å². The predicted octanol–water partition coefficient (Wildman–Crippen LogP) is 2.42. The molecule has 3 nitrogen and oxygen atoms in total. The van der Waals surface area contributed by atoms with Crippen LogP contribution in [0.4, 0.5) is 5.69 Å². The van der Waals surface area contributed by atoms with Crippen molar-refractivity contribution in [1.82, 2.24) is 4.98 Å². The Balaban J connectivity index is 2.51. The number of nitrogen functional groups attached to an aromatic ring is 1. The van der Waals surface area contributed by atoms with Gasteiger partial charge in [0.15, 0.2) is 5.78 Å². The first-order valence-electron chi connectivity index (χ1n) is 5.55. The van der Waals surface area contributed by atoms with Crippen molar-refractivity contribution in [1.29, 1.82) is 0 Å². The van der Waals surface area contributed by atoms with Gasteiger partial charge < -0.3 is 5.73 Å². The van der Waals surface area contributed by atoms with Crippen molar-refractivity contribution in [3.8, 4) is 0 Å². The fourth-order valence-corrected chi connectivity index (χ4v) is 2.07. The van der Waals surface area contributed by atoms with Gasteiger partial charge in [0, 0.05) is 12.1 Å². The molecule has 0 saturated carbocycles. The molecule has 1 aromatic heterocycles. The van der Waals surface area contributed by atoms with Crippen molar-refractivity contribution in [2.45, 2.75) is 33.1 Å². The van der Waals surface area contributed by atoms with Gasteiger partial charge in [-0.2, -0.15) is 0 Å². The van der Waals surface area contributed by atoms with Gasteiger partial charge in [-0.3, -0.25) is 9.78 Å². The molecule has 0 atom stereocenters. The number of pyridine rings is 1. The maximum atomic E-state index is 11.4. The smallest absolute Gasteiger partial charge is 0.156 e. The lowest BCUT2D eigenvalue weighted by atomic mass is 9.94. The summed E-state index contributed by atoms with van der Waals surface area (Å²) in [6, 6.07) is 1.96. The maximum Gasteiger partial charge on any atom is 0.156 e. The standard InChI is InChI=1S/C13H16N2O/c1-8-6-9(2)15-13(12(8)14)10-4-3-5-11(16)7-10/h6-7H,3-5,14H2,1-2H3. The zero-order chi connectivity index (χ0) is 11.7. The van der Waals surface area contributed by atoms with Crippen LogP contribution >= 0.6 is 0 Å². The molecule has 0 saturated heterocycles. The monoisotopic (exact) mass is 216 g/mol. The molecule has 0 aliphatic heterocycles. The molecule has 2 N–H and O–H groups in total. The number of ketones is 1. The van der Waals surface area contributed by atoms with Crippen LogP contribution in [0.25, 0.3) is 5.57 Å². The summed E-state index contributed by atoms with van der Waals surface area (Å²) in [7, 11) is 0. The Labute approximate surface area is 95.4 Å². The lowest BCUT2D eigenvalue weighted by molar-refractivity contribution is -0.114. The number of aromatic nitrogens is 1. The molecular weight excluding hydrogens is 200 g/mol. The van der Waals surface area contributed by atoms with E-state index in [0.717, 1.165) is 35.4 Å². The first-order valence-corrected chi connectivity index (χ1v) is 5.55. The van der Waals surface area contributed by atoms with Crippen LogP contribution in [0, 0.1) is 13.8 Å². The summed E-state index contributed by atoms with van der Waals surface area (Å²) in [5.41, 5.74) is 10.5. The normalized spacial score (nSPS) is 16.1. The van der Waals surface area contributed by atoms with E-state index in [1.165, 1.54) is 0 Å². The molecule has 2 rings (SSSR count). The van der Waals surface area contributed by atoms with Gasteiger partial charge in [-0.15, -0.1) is 0 Å². The number of allylic oxidation sites excluding steroid dienone is 2. The highest BCUT2D eigenvalue weighted by molar-refractivity contribution is 5.99. The van der Waals surface area contributed by atoms with Crippen LogP contribution in [0.1, 0.15) is 36.2 Å². The van der Waals surface area contributed by atoms with Crippen LogP contribution in [0.5, 0.6) is 0 Å². The van der Waals surface area contributed by atoms with E-state index in [0.29, 0.717) is 12.1 Å². The van der Waals surface area contributed by atoms with E-state index >= 15 is 0 Å². The average Bonchev–Trinajstić information content (AvgIpc) is 2.23. The topological polar surface area (TPSA) is 56.0 Å².